The van der Waals surface area contributed by atoms with Gasteiger partial charge in [-0.25, -0.2) is 9.37 Å². The van der Waals surface area contributed by atoms with Crippen molar-refractivity contribution in [1.82, 2.24) is 4.98 Å². The first-order valence-corrected chi connectivity index (χ1v) is 11.9. The van der Waals surface area contributed by atoms with E-state index in [0.717, 1.165) is 4.70 Å². The molecule has 6 nitrogen and oxygen atoms in total. The van der Waals surface area contributed by atoms with E-state index in [9.17, 15) is 19.1 Å². The summed E-state index contributed by atoms with van der Waals surface area (Å²) in [4.78, 5) is 32.4. The van der Waals surface area contributed by atoms with Gasteiger partial charge in [0.25, 0.3) is 5.78 Å². The van der Waals surface area contributed by atoms with Gasteiger partial charge >= 0.3 is 5.91 Å². The number of amides is 1. The number of ether oxygens (including phenoxy) is 1. The number of nitrogens with zero attached hydrogens (tertiary/aromatic N) is 2. The monoisotopic (exact) mass is 508 g/mol. The topological polar surface area (TPSA) is 79.7 Å². The number of hydrogen-bond donors (Lipinski definition) is 1. The fraction of sp³-hybridized carbons (Fsp3) is 0.115. The number of hydrogen-bond acceptors (Lipinski definition) is 6. The third kappa shape index (κ3) is 4.15. The number of rotatable bonds is 5. The van der Waals surface area contributed by atoms with Gasteiger partial charge in [-0.3, -0.25) is 14.5 Å². The number of ketones is 1. The molecule has 5 rings (SSSR count). The average Bonchev–Trinajstić information content (AvgIpc) is 3.37. The van der Waals surface area contributed by atoms with E-state index in [4.69, 9.17) is 16.3 Å². The molecule has 35 heavy (non-hydrogen) atoms. The van der Waals surface area contributed by atoms with Crippen molar-refractivity contribution < 1.29 is 23.8 Å². The van der Waals surface area contributed by atoms with Crippen LogP contribution >= 0.6 is 22.9 Å². The van der Waals surface area contributed by atoms with Crippen molar-refractivity contribution in [3.05, 3.63) is 94.3 Å². The van der Waals surface area contributed by atoms with Crippen LogP contribution in [-0.2, 0) is 9.59 Å². The first kappa shape index (κ1) is 23.0. The summed E-state index contributed by atoms with van der Waals surface area (Å²) in [6.07, 6.45) is 0. The lowest BCUT2D eigenvalue weighted by molar-refractivity contribution is -0.132. The Balaban J connectivity index is 1.70. The third-order valence-electron chi connectivity index (χ3n) is 5.59. The minimum atomic E-state index is -0.981. The highest BCUT2D eigenvalue weighted by molar-refractivity contribution is 7.22. The smallest absolute Gasteiger partial charge is 0.301 e. The van der Waals surface area contributed by atoms with E-state index in [1.165, 1.54) is 40.5 Å². The Kier molecular flexibility index (Phi) is 6.00. The van der Waals surface area contributed by atoms with E-state index in [1.54, 1.807) is 36.4 Å². The van der Waals surface area contributed by atoms with Gasteiger partial charge in [0, 0.05) is 10.6 Å². The van der Waals surface area contributed by atoms with Crippen molar-refractivity contribution in [3.8, 4) is 5.75 Å². The van der Waals surface area contributed by atoms with Crippen LogP contribution in [-0.4, -0.2) is 28.4 Å². The van der Waals surface area contributed by atoms with Gasteiger partial charge in [0.2, 0.25) is 0 Å². The van der Waals surface area contributed by atoms with Crippen LogP contribution in [0.15, 0.2) is 72.3 Å². The summed E-state index contributed by atoms with van der Waals surface area (Å²) in [5, 5.41) is 11.8. The van der Waals surface area contributed by atoms with Crippen LogP contribution in [0, 0.1) is 5.82 Å². The maximum Gasteiger partial charge on any atom is 0.301 e. The molecule has 1 saturated heterocycles. The number of Topliss-reactive ketones (excluding diaryl/α,β-unsaturated/α-hetero) is 1. The Morgan fingerprint density at radius 3 is 2.63 bits per heavy atom. The molecule has 0 radical (unpaired) electrons. The third-order valence-corrected chi connectivity index (χ3v) is 6.84. The fourth-order valence-corrected chi connectivity index (χ4v) is 5.26. The molecule has 1 fully saturated rings. The number of aromatic nitrogens is 1. The summed E-state index contributed by atoms with van der Waals surface area (Å²) < 4.78 is 19.8. The Labute approximate surface area is 208 Å². The first-order valence-electron chi connectivity index (χ1n) is 10.7. The van der Waals surface area contributed by atoms with Crippen LogP contribution < -0.4 is 9.64 Å². The predicted molar refractivity (Wildman–Crippen MR) is 133 cm³/mol. The molecule has 0 saturated carbocycles. The second kappa shape index (κ2) is 9.13. The van der Waals surface area contributed by atoms with E-state index in [0.29, 0.717) is 33.6 Å². The van der Waals surface area contributed by atoms with Crippen molar-refractivity contribution in [2.75, 3.05) is 11.5 Å². The second-order valence-corrected chi connectivity index (χ2v) is 9.24. The number of carbonyl (C=O) groups is 2. The quantitative estimate of drug-likeness (QED) is 0.200. The molecular weight excluding hydrogens is 491 g/mol. The van der Waals surface area contributed by atoms with Crippen molar-refractivity contribution in [1.29, 1.82) is 0 Å². The Morgan fingerprint density at radius 1 is 1.14 bits per heavy atom. The maximum absolute atomic E-state index is 13.5. The van der Waals surface area contributed by atoms with Gasteiger partial charge in [-0.2, -0.15) is 0 Å². The summed E-state index contributed by atoms with van der Waals surface area (Å²) in [6.45, 7) is 2.39. The molecule has 1 unspecified atom stereocenters. The molecule has 1 atom stereocenters. The van der Waals surface area contributed by atoms with Crippen molar-refractivity contribution in [3.63, 3.8) is 0 Å². The van der Waals surface area contributed by atoms with Crippen LogP contribution in [0.1, 0.15) is 24.1 Å². The highest BCUT2D eigenvalue weighted by Crippen LogP contribution is 2.45. The van der Waals surface area contributed by atoms with Crippen molar-refractivity contribution in [2.45, 2.75) is 13.0 Å². The van der Waals surface area contributed by atoms with E-state index < -0.39 is 29.3 Å². The minimum Gasteiger partial charge on any atom is -0.507 e. The van der Waals surface area contributed by atoms with Gasteiger partial charge in [-0.15, -0.1) is 0 Å². The number of halogens is 2. The molecule has 4 aromatic rings. The molecule has 0 spiro atoms. The number of aliphatic hydroxyl groups is 1. The molecule has 1 aliphatic rings. The molecule has 1 aliphatic heterocycles. The molecule has 0 bridgehead atoms. The van der Waals surface area contributed by atoms with Gasteiger partial charge in [-0.05, 0) is 67.1 Å². The number of benzene rings is 3. The zero-order valence-electron chi connectivity index (χ0n) is 18.4. The zero-order chi connectivity index (χ0) is 24.7. The largest absolute Gasteiger partial charge is 0.507 e. The standard InChI is InChI=1S/C26H18ClFN2O4S/c1-2-34-18-10-11-19-20(13-18)35-26(29-19)30-22(15-4-3-5-16(27)12-15)21(24(32)25(30)33)23(31)14-6-8-17(28)9-7-14/h3-13,22,31H,2H2,1H3. The van der Waals surface area contributed by atoms with E-state index in [2.05, 4.69) is 4.98 Å². The molecule has 1 aromatic heterocycles. The van der Waals surface area contributed by atoms with Crippen LogP contribution in [0.3, 0.4) is 0 Å². The number of anilines is 1. The number of thiazole rings is 1. The summed E-state index contributed by atoms with van der Waals surface area (Å²) in [6, 6.07) is 16.2. The lowest BCUT2D eigenvalue weighted by Gasteiger charge is -2.23. The molecule has 2 heterocycles. The number of carbonyl (C=O) groups excluding carboxylic acids is 2. The summed E-state index contributed by atoms with van der Waals surface area (Å²) in [7, 11) is 0. The lowest BCUT2D eigenvalue weighted by atomic mass is 9.95. The van der Waals surface area contributed by atoms with E-state index >= 15 is 0 Å². The lowest BCUT2D eigenvalue weighted by Crippen LogP contribution is -2.29. The second-order valence-electron chi connectivity index (χ2n) is 7.79. The van der Waals surface area contributed by atoms with Gasteiger partial charge in [0.15, 0.2) is 5.13 Å². The molecule has 3 aromatic carbocycles. The number of aliphatic hydroxyl groups excluding tert-OH is 1. The average molecular weight is 509 g/mol. The molecule has 0 aliphatic carbocycles. The normalized spacial score (nSPS) is 17.3. The molecule has 9 heteroatoms. The van der Waals surface area contributed by atoms with Crippen molar-refractivity contribution in [2.24, 2.45) is 0 Å². The van der Waals surface area contributed by atoms with Gasteiger partial charge in [-0.1, -0.05) is 35.1 Å². The summed E-state index contributed by atoms with van der Waals surface area (Å²) in [5.74, 6) is -1.93. The van der Waals surface area contributed by atoms with Crippen molar-refractivity contribution >= 4 is 55.7 Å². The Bertz CT molecular complexity index is 1500. The first-order chi connectivity index (χ1) is 16.9. The minimum absolute atomic E-state index is 0.127. The zero-order valence-corrected chi connectivity index (χ0v) is 19.9. The van der Waals surface area contributed by atoms with Crippen LogP contribution in [0.4, 0.5) is 9.52 Å². The fourth-order valence-electron chi connectivity index (χ4n) is 4.04. The maximum atomic E-state index is 13.5. The van der Waals surface area contributed by atoms with Gasteiger partial charge in [0.1, 0.15) is 17.3 Å². The highest BCUT2D eigenvalue weighted by atomic mass is 35.5. The van der Waals surface area contributed by atoms with E-state index in [-0.39, 0.29) is 11.1 Å². The Morgan fingerprint density at radius 2 is 1.91 bits per heavy atom. The van der Waals surface area contributed by atoms with Gasteiger partial charge < -0.3 is 9.84 Å². The number of fused-ring (bicyclic) bond motifs is 1. The van der Waals surface area contributed by atoms with Gasteiger partial charge in [0.05, 0.1) is 28.4 Å². The molecule has 1 amide bonds. The predicted octanol–water partition coefficient (Wildman–Crippen LogP) is 6.11. The van der Waals surface area contributed by atoms with E-state index in [1.807, 2.05) is 13.0 Å². The molecule has 176 valence electrons. The van der Waals surface area contributed by atoms with Crippen LogP contribution in [0.2, 0.25) is 5.02 Å². The highest BCUT2D eigenvalue weighted by Gasteiger charge is 2.48. The Hall–Kier alpha value is -3.75. The molecular formula is C26H18ClFN2O4S. The van der Waals surface area contributed by atoms with Crippen LogP contribution in [0.5, 0.6) is 5.75 Å². The SMILES string of the molecule is CCOc1ccc2nc(N3C(=O)C(=O)C(=C(O)c4ccc(F)cc4)C3c3cccc(Cl)c3)sc2c1. The van der Waals surface area contributed by atoms with Crippen LogP contribution in [0.25, 0.3) is 16.0 Å². The summed E-state index contributed by atoms with van der Waals surface area (Å²) >= 11 is 7.46. The summed E-state index contributed by atoms with van der Waals surface area (Å²) in [5.41, 5.74) is 1.24. The molecule has 1 N–H and O–H groups in total.